The number of nitrogens with two attached hydrogens (primary N) is 1. The zero-order valence-corrected chi connectivity index (χ0v) is 13.3. The highest BCUT2D eigenvalue weighted by atomic mass is 32.1. The topological polar surface area (TPSA) is 146 Å². The van der Waals surface area contributed by atoms with Gasteiger partial charge in [0, 0.05) is 11.6 Å². The van der Waals surface area contributed by atoms with Gasteiger partial charge in [0.25, 0.3) is 5.69 Å². The maximum atomic E-state index is 11.2. The number of nitrogens with one attached hydrogen (secondary N) is 1. The Morgan fingerprint density at radius 1 is 1.16 bits per heavy atom. The molecule has 0 saturated carbocycles. The highest BCUT2D eigenvalue weighted by Gasteiger charge is 2.21. The molecule has 128 valence electrons. The monoisotopic (exact) mass is 361 g/mol. The summed E-state index contributed by atoms with van der Waals surface area (Å²) in [4.78, 5) is 20.4. The van der Waals surface area contributed by atoms with Crippen molar-refractivity contribution in [3.05, 3.63) is 68.3 Å². The second kappa shape index (κ2) is 7.79. The molecule has 25 heavy (non-hydrogen) atoms. The first kappa shape index (κ1) is 17.7. The van der Waals surface area contributed by atoms with E-state index >= 15 is 0 Å². The number of hydrazone groups is 1. The normalized spacial score (nSPS) is 10.4. The zero-order chi connectivity index (χ0) is 18.4. The third kappa shape index (κ3) is 4.68. The van der Waals surface area contributed by atoms with Crippen LogP contribution in [0.1, 0.15) is 5.56 Å². The fourth-order valence-corrected chi connectivity index (χ4v) is 1.87. The second-order valence-corrected chi connectivity index (χ2v) is 4.98. The van der Waals surface area contributed by atoms with Crippen molar-refractivity contribution in [1.82, 2.24) is 5.43 Å². The molecule has 0 fully saturated rings. The van der Waals surface area contributed by atoms with Crippen LogP contribution in [0.4, 0.5) is 11.4 Å². The Hall–Kier alpha value is -3.60. The van der Waals surface area contributed by atoms with E-state index in [1.807, 2.05) is 0 Å². The molecular formula is C14H11N5O5S. The van der Waals surface area contributed by atoms with Crippen LogP contribution in [-0.2, 0) is 0 Å². The summed E-state index contributed by atoms with van der Waals surface area (Å²) >= 11 is 4.62. The Morgan fingerprint density at radius 3 is 2.52 bits per heavy atom. The van der Waals surface area contributed by atoms with Gasteiger partial charge in [-0.1, -0.05) is 12.1 Å². The van der Waals surface area contributed by atoms with Gasteiger partial charge in [-0.3, -0.25) is 25.7 Å². The summed E-state index contributed by atoms with van der Waals surface area (Å²) in [5.74, 6) is 0.117. The first-order valence-corrected chi connectivity index (χ1v) is 7.07. The molecule has 10 nitrogen and oxygen atoms in total. The lowest BCUT2D eigenvalue weighted by Crippen LogP contribution is -2.24. The number of para-hydroxylation sites is 1. The van der Waals surface area contributed by atoms with Crippen LogP contribution in [0.15, 0.2) is 47.6 Å². The van der Waals surface area contributed by atoms with Gasteiger partial charge in [0.1, 0.15) is 5.75 Å². The van der Waals surface area contributed by atoms with Crippen molar-refractivity contribution < 1.29 is 14.6 Å². The van der Waals surface area contributed by atoms with Crippen LogP contribution in [0.5, 0.6) is 11.5 Å². The molecule has 0 aliphatic heterocycles. The number of thiocarbonyl (C=S) groups is 1. The van der Waals surface area contributed by atoms with Gasteiger partial charge in [-0.2, -0.15) is 5.10 Å². The molecule has 0 unspecified atom stereocenters. The van der Waals surface area contributed by atoms with Gasteiger partial charge in [0.05, 0.1) is 22.1 Å². The third-order valence-electron chi connectivity index (χ3n) is 2.87. The van der Waals surface area contributed by atoms with E-state index in [0.29, 0.717) is 5.56 Å². The lowest BCUT2D eigenvalue weighted by Gasteiger charge is -2.08. The molecule has 3 N–H and O–H groups in total. The Bertz CT molecular complexity index is 870. The van der Waals surface area contributed by atoms with Crippen LogP contribution in [-0.4, -0.2) is 21.2 Å². The number of hydrogen-bond donors (Lipinski definition) is 2. The fraction of sp³-hybridized carbons (Fsp3) is 0. The summed E-state index contributed by atoms with van der Waals surface area (Å²) in [6.07, 6.45) is 1.37. The molecule has 2 aromatic carbocycles. The van der Waals surface area contributed by atoms with Crippen molar-refractivity contribution in [2.45, 2.75) is 0 Å². The largest absolute Gasteiger partial charge is 0.449 e. The van der Waals surface area contributed by atoms with E-state index in [0.717, 1.165) is 18.2 Å². The summed E-state index contributed by atoms with van der Waals surface area (Å²) in [6, 6.07) is 9.69. The number of rotatable bonds is 6. The fourth-order valence-electron chi connectivity index (χ4n) is 1.81. The van der Waals surface area contributed by atoms with Crippen molar-refractivity contribution in [2.75, 3.05) is 0 Å². The maximum absolute atomic E-state index is 11.2. The number of nitro groups is 2. The van der Waals surface area contributed by atoms with E-state index in [1.165, 1.54) is 6.21 Å². The van der Waals surface area contributed by atoms with E-state index in [4.69, 9.17) is 10.5 Å². The van der Waals surface area contributed by atoms with Crippen LogP contribution in [0.3, 0.4) is 0 Å². The van der Waals surface area contributed by atoms with Gasteiger partial charge in [0.15, 0.2) is 5.11 Å². The predicted octanol–water partition coefficient (Wildman–Crippen LogP) is 2.46. The third-order valence-corrected chi connectivity index (χ3v) is 2.96. The lowest BCUT2D eigenvalue weighted by molar-refractivity contribution is -0.394. The Morgan fingerprint density at radius 2 is 1.88 bits per heavy atom. The molecule has 0 saturated heterocycles. The average Bonchev–Trinajstić information content (AvgIpc) is 2.56. The SMILES string of the molecule is NC(=S)NN=Cc1ccccc1Oc1ccc([N+](=O)[O-])cc1[N+](=O)[O-]. The minimum atomic E-state index is -0.756. The van der Waals surface area contributed by atoms with Gasteiger partial charge < -0.3 is 10.5 Å². The highest BCUT2D eigenvalue weighted by Crippen LogP contribution is 2.35. The van der Waals surface area contributed by atoms with Crippen molar-refractivity contribution in [1.29, 1.82) is 0 Å². The molecule has 0 atom stereocenters. The smallest absolute Gasteiger partial charge is 0.318 e. The molecule has 0 spiro atoms. The van der Waals surface area contributed by atoms with Crippen LogP contribution in [0, 0.1) is 20.2 Å². The number of non-ortho nitro benzene ring substituents is 1. The molecule has 0 heterocycles. The second-order valence-electron chi connectivity index (χ2n) is 4.54. The Kier molecular flexibility index (Phi) is 5.53. The van der Waals surface area contributed by atoms with E-state index in [9.17, 15) is 20.2 Å². The average molecular weight is 361 g/mol. The Balaban J connectivity index is 2.37. The number of nitro benzene ring substituents is 2. The summed E-state index contributed by atoms with van der Waals surface area (Å²) < 4.78 is 5.55. The molecule has 0 radical (unpaired) electrons. The molecular weight excluding hydrogens is 350 g/mol. The van der Waals surface area contributed by atoms with Crippen molar-refractivity contribution in [3.8, 4) is 11.5 Å². The number of nitrogens with zero attached hydrogens (tertiary/aromatic N) is 3. The van der Waals surface area contributed by atoms with E-state index in [2.05, 4.69) is 22.7 Å². The Labute approximate surface area is 146 Å². The zero-order valence-electron chi connectivity index (χ0n) is 12.5. The lowest BCUT2D eigenvalue weighted by atomic mass is 10.2. The van der Waals surface area contributed by atoms with E-state index < -0.39 is 21.2 Å². The first-order chi connectivity index (χ1) is 11.9. The number of hydrogen-bond acceptors (Lipinski definition) is 7. The first-order valence-electron chi connectivity index (χ1n) is 6.66. The van der Waals surface area contributed by atoms with Crippen LogP contribution >= 0.6 is 12.2 Å². The summed E-state index contributed by atoms with van der Waals surface area (Å²) in [7, 11) is 0. The van der Waals surface area contributed by atoms with Crippen molar-refractivity contribution >= 4 is 34.9 Å². The number of ether oxygens (including phenoxy) is 1. The standard InChI is InChI=1S/C14H11N5O5S/c15-14(25)17-16-8-9-3-1-2-4-12(9)24-13-6-5-10(18(20)21)7-11(13)19(22)23/h1-8H,(H3,15,17,25). The van der Waals surface area contributed by atoms with Gasteiger partial charge in [0.2, 0.25) is 5.75 Å². The van der Waals surface area contributed by atoms with Gasteiger partial charge in [-0.05, 0) is 30.4 Å². The predicted molar refractivity (Wildman–Crippen MR) is 93.8 cm³/mol. The van der Waals surface area contributed by atoms with Crippen LogP contribution < -0.4 is 15.9 Å². The van der Waals surface area contributed by atoms with Crippen LogP contribution in [0.2, 0.25) is 0 Å². The molecule has 0 aliphatic carbocycles. The molecule has 0 bridgehead atoms. The van der Waals surface area contributed by atoms with Crippen molar-refractivity contribution in [3.63, 3.8) is 0 Å². The highest BCUT2D eigenvalue weighted by molar-refractivity contribution is 7.80. The van der Waals surface area contributed by atoms with Crippen LogP contribution in [0.25, 0.3) is 0 Å². The molecule has 2 rings (SSSR count). The molecule has 2 aromatic rings. The van der Waals surface area contributed by atoms with E-state index in [-0.39, 0.29) is 16.6 Å². The quantitative estimate of drug-likeness (QED) is 0.345. The van der Waals surface area contributed by atoms with E-state index in [1.54, 1.807) is 24.3 Å². The maximum Gasteiger partial charge on any atom is 0.318 e. The minimum Gasteiger partial charge on any atom is -0.449 e. The summed E-state index contributed by atoms with van der Waals surface area (Å²) in [5.41, 5.74) is 7.18. The summed E-state index contributed by atoms with van der Waals surface area (Å²) in [6.45, 7) is 0. The van der Waals surface area contributed by atoms with Gasteiger partial charge >= 0.3 is 5.69 Å². The number of benzene rings is 2. The molecule has 0 aromatic heterocycles. The van der Waals surface area contributed by atoms with Gasteiger partial charge in [-0.15, -0.1) is 0 Å². The van der Waals surface area contributed by atoms with Crippen molar-refractivity contribution in [2.24, 2.45) is 10.8 Å². The minimum absolute atomic E-state index is 0.0272. The molecule has 0 amide bonds. The van der Waals surface area contributed by atoms with Gasteiger partial charge in [-0.25, -0.2) is 0 Å². The summed E-state index contributed by atoms with van der Waals surface area (Å²) in [5, 5.41) is 25.7. The molecule has 11 heteroatoms. The molecule has 0 aliphatic rings.